The van der Waals surface area contributed by atoms with Crippen LogP contribution in [0.15, 0.2) is 72.8 Å². The number of hydrogen-bond donors (Lipinski definition) is 0. The highest BCUT2D eigenvalue weighted by Crippen LogP contribution is 2.45. The van der Waals surface area contributed by atoms with Gasteiger partial charge in [-0.1, -0.05) is 48.5 Å². The van der Waals surface area contributed by atoms with Crippen LogP contribution in [0.2, 0.25) is 0 Å². The molecule has 5 heteroatoms. The fourth-order valence-electron chi connectivity index (χ4n) is 5.88. The number of aromatic nitrogens is 1. The van der Waals surface area contributed by atoms with Crippen LogP contribution in [0.5, 0.6) is 0 Å². The van der Waals surface area contributed by atoms with Gasteiger partial charge in [0.1, 0.15) is 13.2 Å². The molecule has 2 heterocycles. The van der Waals surface area contributed by atoms with Gasteiger partial charge in [-0.2, -0.15) is 16.3 Å². The molecule has 0 saturated heterocycles. The number of nitrogens with zero attached hydrogens (tertiary/aromatic N) is 2. The van der Waals surface area contributed by atoms with Crippen LogP contribution in [0.25, 0.3) is 22.0 Å². The van der Waals surface area contributed by atoms with Gasteiger partial charge in [0.25, 0.3) is 0 Å². The highest BCUT2D eigenvalue weighted by Gasteiger charge is 2.36. The van der Waals surface area contributed by atoms with Crippen molar-refractivity contribution < 1.29 is 14.1 Å². The van der Waals surface area contributed by atoms with Crippen LogP contribution >= 0.6 is 11.8 Å². The second-order valence-corrected chi connectivity index (χ2v) is 10.5. The average molecular weight is 524 g/mol. The van der Waals surface area contributed by atoms with E-state index < -0.39 is 0 Å². The molecule has 0 radical (unpaired) electrons. The zero-order valence-electron chi connectivity index (χ0n) is 22.9. The smallest absolute Gasteiger partial charge is 0.338 e. The molecule has 38 heavy (non-hydrogen) atoms. The lowest BCUT2D eigenvalue weighted by atomic mass is 9.85. The molecule has 3 aromatic carbocycles. The first-order valence-corrected chi connectivity index (χ1v) is 14.7. The second-order valence-electron chi connectivity index (χ2n) is 9.49. The summed E-state index contributed by atoms with van der Waals surface area (Å²) in [6.45, 7) is 10.9. The molecule has 1 aliphatic rings. The Hall–Kier alpha value is -3.57. The molecule has 0 aliphatic carbocycles. The van der Waals surface area contributed by atoms with Crippen LogP contribution in [0.4, 0.5) is 5.69 Å². The number of para-hydroxylation sites is 2. The van der Waals surface area contributed by atoms with E-state index >= 15 is 0 Å². The fraction of sp³-hybridized carbons (Fsp3) is 0.273. The standard InChI is InChI=1S/C33H35N2O2S/c1-6-34-22(3)30(26-16-10-12-18-28(26)34)32(24-14-8-9-15-25(24)33(36)37-20-21-38-5)31-23(4)35(7-2)29-19-13-11-17-27(29)31/h8-19H,6-7,20-21H2,1-5H3/q+1. The largest absolute Gasteiger partial charge is 0.461 e. The predicted octanol–water partition coefficient (Wildman–Crippen LogP) is 7.59. The van der Waals surface area contributed by atoms with E-state index in [4.69, 9.17) is 4.74 Å². The molecule has 0 N–H and O–H groups in total. The van der Waals surface area contributed by atoms with E-state index in [9.17, 15) is 4.79 Å². The Morgan fingerprint density at radius 2 is 1.61 bits per heavy atom. The minimum Gasteiger partial charge on any atom is -0.461 e. The summed E-state index contributed by atoms with van der Waals surface area (Å²) in [5, 5.41) is 1.19. The third kappa shape index (κ3) is 4.29. The number of rotatable bonds is 8. The number of aryl methyl sites for hydroxylation is 1. The van der Waals surface area contributed by atoms with E-state index in [0.717, 1.165) is 30.0 Å². The summed E-state index contributed by atoms with van der Waals surface area (Å²) in [7, 11) is 0. The summed E-state index contributed by atoms with van der Waals surface area (Å²) >= 11 is 1.67. The van der Waals surface area contributed by atoms with Crippen molar-refractivity contribution >= 4 is 51.2 Å². The van der Waals surface area contributed by atoms with Crippen molar-refractivity contribution in [1.82, 2.24) is 4.57 Å². The molecular formula is C33H35N2O2S+. The number of ether oxygens (including phenoxy) is 1. The van der Waals surface area contributed by atoms with Crippen molar-refractivity contribution in [2.45, 2.75) is 34.2 Å². The monoisotopic (exact) mass is 523 g/mol. The van der Waals surface area contributed by atoms with E-state index in [1.165, 1.54) is 44.7 Å². The minimum absolute atomic E-state index is 0.277. The first-order chi connectivity index (χ1) is 18.5. The molecule has 1 aliphatic heterocycles. The predicted molar refractivity (Wildman–Crippen MR) is 161 cm³/mol. The zero-order valence-corrected chi connectivity index (χ0v) is 23.7. The molecule has 4 nitrogen and oxygen atoms in total. The number of carbonyl (C=O) groups is 1. The summed E-state index contributed by atoms with van der Waals surface area (Å²) in [4.78, 5) is 13.5. The van der Waals surface area contributed by atoms with Gasteiger partial charge < -0.3 is 9.30 Å². The van der Waals surface area contributed by atoms with E-state index in [-0.39, 0.29) is 5.97 Å². The molecule has 0 atom stereocenters. The molecule has 194 valence electrons. The lowest BCUT2D eigenvalue weighted by Crippen LogP contribution is -2.13. The Kier molecular flexibility index (Phi) is 7.57. The molecule has 1 aromatic heterocycles. The molecule has 0 saturated carbocycles. The van der Waals surface area contributed by atoms with Gasteiger partial charge in [-0.15, -0.1) is 0 Å². The van der Waals surface area contributed by atoms with E-state index in [1.807, 2.05) is 24.5 Å². The van der Waals surface area contributed by atoms with Gasteiger partial charge in [0.2, 0.25) is 5.69 Å². The Bertz CT molecular complexity index is 1590. The quantitative estimate of drug-likeness (QED) is 0.136. The molecule has 5 rings (SSSR count). The van der Waals surface area contributed by atoms with Gasteiger partial charge in [-0.25, -0.2) is 4.79 Å². The lowest BCUT2D eigenvalue weighted by molar-refractivity contribution is -0.432. The number of fused-ring (bicyclic) bond motifs is 2. The summed E-state index contributed by atoms with van der Waals surface area (Å²) in [5.41, 5.74) is 10.9. The van der Waals surface area contributed by atoms with Crippen molar-refractivity contribution in [2.75, 3.05) is 25.2 Å². The third-order valence-corrected chi connectivity index (χ3v) is 8.11. The van der Waals surface area contributed by atoms with E-state index in [1.54, 1.807) is 11.8 Å². The highest BCUT2D eigenvalue weighted by atomic mass is 32.2. The lowest BCUT2D eigenvalue weighted by Gasteiger charge is -2.17. The van der Waals surface area contributed by atoms with Gasteiger partial charge in [0.15, 0.2) is 5.71 Å². The first kappa shape index (κ1) is 26.1. The molecule has 0 unspecified atom stereocenters. The Labute approximate surface area is 229 Å². The minimum atomic E-state index is -0.277. The third-order valence-electron chi connectivity index (χ3n) is 7.53. The topological polar surface area (TPSA) is 34.2 Å². The number of hydrogen-bond acceptors (Lipinski definition) is 3. The Balaban J connectivity index is 1.91. The van der Waals surface area contributed by atoms with Crippen molar-refractivity contribution in [3.63, 3.8) is 0 Å². The molecule has 0 fully saturated rings. The zero-order chi connectivity index (χ0) is 26.8. The van der Waals surface area contributed by atoms with Crippen molar-refractivity contribution in [1.29, 1.82) is 0 Å². The average Bonchev–Trinajstić information content (AvgIpc) is 3.39. The summed E-state index contributed by atoms with van der Waals surface area (Å²) < 4.78 is 10.5. The Morgan fingerprint density at radius 3 is 2.34 bits per heavy atom. The number of benzene rings is 3. The number of allylic oxidation sites excluding steroid dienone is 1. The van der Waals surface area contributed by atoms with Gasteiger partial charge in [0.05, 0.1) is 16.7 Å². The Morgan fingerprint density at radius 1 is 0.921 bits per heavy atom. The van der Waals surface area contributed by atoms with Crippen LogP contribution in [-0.4, -0.2) is 46.0 Å². The van der Waals surface area contributed by atoms with Gasteiger partial charge >= 0.3 is 5.97 Å². The van der Waals surface area contributed by atoms with Crippen molar-refractivity contribution in [2.24, 2.45) is 0 Å². The fourth-order valence-corrected chi connectivity index (χ4v) is 6.13. The van der Waals surface area contributed by atoms with Crippen molar-refractivity contribution in [3.05, 3.63) is 101 Å². The molecule has 4 aromatic rings. The molecule has 0 bridgehead atoms. The first-order valence-electron chi connectivity index (χ1n) is 13.3. The van der Waals surface area contributed by atoms with Crippen LogP contribution in [0.1, 0.15) is 53.5 Å². The van der Waals surface area contributed by atoms with Gasteiger partial charge in [-0.05, 0) is 50.8 Å². The maximum Gasteiger partial charge on any atom is 0.338 e. The number of carbonyl (C=O) groups excluding carboxylic acids is 1. The molecular weight excluding hydrogens is 488 g/mol. The highest BCUT2D eigenvalue weighted by molar-refractivity contribution is 7.98. The molecule has 0 spiro atoms. The number of esters is 1. The maximum atomic E-state index is 13.5. The van der Waals surface area contributed by atoms with Gasteiger partial charge in [0, 0.05) is 53.0 Å². The summed E-state index contributed by atoms with van der Waals surface area (Å²) in [6.07, 6.45) is 2.02. The van der Waals surface area contributed by atoms with Crippen molar-refractivity contribution in [3.8, 4) is 0 Å². The maximum absolute atomic E-state index is 13.5. The van der Waals surface area contributed by atoms with Crippen LogP contribution in [0.3, 0.4) is 0 Å². The second kappa shape index (κ2) is 11.0. The van der Waals surface area contributed by atoms with Crippen LogP contribution < -0.4 is 0 Å². The summed E-state index contributed by atoms with van der Waals surface area (Å²) in [5.74, 6) is 0.498. The number of thioether (sulfide) groups is 1. The SMILES string of the molecule is CCn1c(C)c(C(=C2C(C)=[N+](CC)c3ccccc32)c2ccccc2C(=O)OCCSC)c2ccccc21. The summed E-state index contributed by atoms with van der Waals surface area (Å²) in [6, 6.07) is 25.1. The van der Waals surface area contributed by atoms with E-state index in [0.29, 0.717) is 12.2 Å². The van der Waals surface area contributed by atoms with Gasteiger partial charge in [-0.3, -0.25) is 0 Å². The van der Waals surface area contributed by atoms with E-state index in [2.05, 4.69) is 91.4 Å². The molecule has 0 amide bonds. The van der Waals surface area contributed by atoms with Crippen LogP contribution in [0, 0.1) is 6.92 Å². The van der Waals surface area contributed by atoms with Crippen LogP contribution in [-0.2, 0) is 11.3 Å². The normalized spacial score (nSPS) is 14.2.